The molecule has 0 spiro atoms. The van der Waals surface area contributed by atoms with E-state index in [1.54, 1.807) is 6.07 Å². The summed E-state index contributed by atoms with van der Waals surface area (Å²) in [6.45, 7) is 0. The summed E-state index contributed by atoms with van der Waals surface area (Å²) < 4.78 is 1.43. The molecule has 0 amide bonds. The summed E-state index contributed by atoms with van der Waals surface area (Å²) in [5.41, 5.74) is 0.859. The van der Waals surface area contributed by atoms with Gasteiger partial charge in [0.15, 0.2) is 0 Å². The van der Waals surface area contributed by atoms with Gasteiger partial charge in [0, 0.05) is 0 Å². The molecule has 4 nitrogen and oxygen atoms in total. The van der Waals surface area contributed by atoms with Gasteiger partial charge >= 0.3 is 83.8 Å². The number of benzene rings is 1. The number of fused-ring (bicyclic) bond motifs is 1. The van der Waals surface area contributed by atoms with E-state index in [1.807, 2.05) is 0 Å². The fourth-order valence-corrected chi connectivity index (χ4v) is 3.04. The first-order valence-corrected chi connectivity index (χ1v) is 5.46. The van der Waals surface area contributed by atoms with E-state index >= 15 is 0 Å². The van der Waals surface area contributed by atoms with Crippen molar-refractivity contribution in [2.75, 3.05) is 0 Å². The second-order valence-corrected chi connectivity index (χ2v) is 5.40. The quantitative estimate of drug-likeness (QED) is 0.447. The molecule has 2 aromatic rings. The monoisotopic (exact) mass is 262 g/mol. The summed E-state index contributed by atoms with van der Waals surface area (Å²) in [5, 5.41) is 10.4. The minimum absolute atomic E-state index is 0.0527. The molecule has 13 heavy (non-hydrogen) atoms. The Hall–Kier alpha value is -0.901. The molecular weight excluding hydrogens is 259 g/mol. The number of aromatic nitrogens is 1. The number of nitrogens with zero attached hydrogens (tertiary/aromatic N) is 2. The molecule has 0 atom stereocenters. The van der Waals surface area contributed by atoms with Crippen LogP contribution in [0.4, 0.5) is 5.69 Å². The second-order valence-electron chi connectivity index (χ2n) is 2.38. The molecule has 0 bridgehead atoms. The van der Waals surface area contributed by atoms with E-state index in [-0.39, 0.29) is 20.2 Å². The van der Waals surface area contributed by atoms with Crippen LogP contribution in [0.2, 0.25) is 4.03 Å². The van der Waals surface area contributed by atoms with Crippen molar-refractivity contribution in [2.45, 2.75) is 0 Å². The zero-order chi connectivity index (χ0) is 9.42. The molecular formula is C7H3ClN2O2Se. The van der Waals surface area contributed by atoms with Gasteiger partial charge in [0.2, 0.25) is 0 Å². The standard InChI is InChI=1S/C7H3ClN2O2Se/c8-7-9-5-2-1-4(10(11)12)3-6(5)13-7/h1-3H. The van der Waals surface area contributed by atoms with E-state index in [1.165, 1.54) is 12.1 Å². The fraction of sp³-hybridized carbons (Fsp3) is 0. The molecule has 0 aliphatic rings. The number of halogens is 1. The van der Waals surface area contributed by atoms with Crippen molar-refractivity contribution >= 4 is 41.6 Å². The van der Waals surface area contributed by atoms with Crippen molar-refractivity contribution in [2.24, 2.45) is 0 Å². The maximum atomic E-state index is 10.4. The van der Waals surface area contributed by atoms with E-state index in [2.05, 4.69) is 4.98 Å². The zero-order valence-corrected chi connectivity index (χ0v) is 8.70. The van der Waals surface area contributed by atoms with E-state index in [4.69, 9.17) is 11.6 Å². The average Bonchev–Trinajstić information content (AvgIpc) is 2.42. The SMILES string of the molecule is O=[N+]([O-])c1ccc2nc(Cl)[se]c2c1. The Morgan fingerprint density at radius 1 is 1.54 bits per heavy atom. The number of hydrogen-bond donors (Lipinski definition) is 0. The van der Waals surface area contributed by atoms with Crippen molar-refractivity contribution in [1.82, 2.24) is 4.98 Å². The molecule has 0 radical (unpaired) electrons. The van der Waals surface area contributed by atoms with E-state index in [9.17, 15) is 10.1 Å². The van der Waals surface area contributed by atoms with Gasteiger partial charge in [0.1, 0.15) is 0 Å². The van der Waals surface area contributed by atoms with E-state index in [0.717, 1.165) is 9.78 Å². The van der Waals surface area contributed by atoms with Crippen LogP contribution in [-0.4, -0.2) is 24.4 Å². The van der Waals surface area contributed by atoms with Crippen LogP contribution in [-0.2, 0) is 0 Å². The molecule has 0 aliphatic heterocycles. The average molecular weight is 262 g/mol. The first-order chi connectivity index (χ1) is 6.16. The number of rotatable bonds is 1. The summed E-state index contributed by atoms with van der Waals surface area (Å²) in [7, 11) is 0. The Labute approximate surface area is 84.0 Å². The van der Waals surface area contributed by atoms with Crippen LogP contribution in [0.3, 0.4) is 0 Å². The molecule has 1 aromatic heterocycles. The molecule has 0 N–H and O–H groups in total. The Balaban J connectivity index is 2.67. The number of nitro groups is 1. The number of non-ortho nitro benzene ring substituents is 1. The van der Waals surface area contributed by atoms with Crippen molar-refractivity contribution < 1.29 is 4.92 Å². The molecule has 66 valence electrons. The fourth-order valence-electron chi connectivity index (χ4n) is 0.999. The molecule has 0 aliphatic carbocycles. The van der Waals surface area contributed by atoms with Crippen LogP contribution in [0.25, 0.3) is 9.78 Å². The van der Waals surface area contributed by atoms with Crippen LogP contribution >= 0.6 is 11.6 Å². The Bertz CT molecular complexity index is 482. The van der Waals surface area contributed by atoms with E-state index in [0.29, 0.717) is 4.03 Å². The van der Waals surface area contributed by atoms with Gasteiger partial charge in [-0.2, -0.15) is 0 Å². The molecule has 6 heteroatoms. The first kappa shape index (κ1) is 8.69. The van der Waals surface area contributed by atoms with Gasteiger partial charge in [-0.25, -0.2) is 0 Å². The van der Waals surface area contributed by atoms with Crippen LogP contribution in [0, 0.1) is 10.1 Å². The van der Waals surface area contributed by atoms with Crippen molar-refractivity contribution in [1.29, 1.82) is 0 Å². The predicted molar refractivity (Wildman–Crippen MR) is 50.3 cm³/mol. The molecule has 1 heterocycles. The van der Waals surface area contributed by atoms with Gasteiger partial charge in [-0.3, -0.25) is 0 Å². The molecule has 0 saturated heterocycles. The normalized spacial score (nSPS) is 10.5. The number of hydrogen-bond acceptors (Lipinski definition) is 3. The van der Waals surface area contributed by atoms with Gasteiger partial charge in [0.25, 0.3) is 0 Å². The summed E-state index contributed by atoms with van der Waals surface area (Å²) in [4.78, 5) is 14.1. The molecule has 0 fully saturated rings. The van der Waals surface area contributed by atoms with Gasteiger partial charge in [-0.15, -0.1) is 0 Å². The summed E-state index contributed by atoms with van der Waals surface area (Å²) in [5.74, 6) is 0. The van der Waals surface area contributed by atoms with Crippen LogP contribution < -0.4 is 0 Å². The third-order valence-corrected chi connectivity index (χ3v) is 3.73. The maximum absolute atomic E-state index is 10.4. The molecule has 0 saturated carbocycles. The van der Waals surface area contributed by atoms with Crippen molar-refractivity contribution in [3.05, 3.63) is 32.3 Å². The Morgan fingerprint density at radius 2 is 2.31 bits per heavy atom. The predicted octanol–water partition coefficient (Wildman–Crippen LogP) is 1.85. The van der Waals surface area contributed by atoms with Gasteiger partial charge < -0.3 is 0 Å². The third-order valence-electron chi connectivity index (χ3n) is 1.56. The minimum atomic E-state index is -0.414. The Kier molecular flexibility index (Phi) is 2.07. The molecule has 1 aromatic carbocycles. The van der Waals surface area contributed by atoms with Gasteiger partial charge in [-0.1, -0.05) is 0 Å². The van der Waals surface area contributed by atoms with E-state index < -0.39 is 4.92 Å². The van der Waals surface area contributed by atoms with Crippen LogP contribution in [0.5, 0.6) is 0 Å². The van der Waals surface area contributed by atoms with Crippen LogP contribution in [0.15, 0.2) is 18.2 Å². The summed E-state index contributed by atoms with van der Waals surface area (Å²) in [6, 6.07) is 4.60. The molecule has 2 rings (SSSR count). The zero-order valence-electron chi connectivity index (χ0n) is 6.23. The van der Waals surface area contributed by atoms with Gasteiger partial charge in [0.05, 0.1) is 0 Å². The first-order valence-electron chi connectivity index (χ1n) is 3.37. The van der Waals surface area contributed by atoms with Gasteiger partial charge in [-0.05, 0) is 0 Å². The Morgan fingerprint density at radius 3 is 3.00 bits per heavy atom. The van der Waals surface area contributed by atoms with Crippen molar-refractivity contribution in [3.63, 3.8) is 0 Å². The van der Waals surface area contributed by atoms with Crippen molar-refractivity contribution in [3.8, 4) is 0 Å². The summed E-state index contributed by atoms with van der Waals surface area (Å²) in [6.07, 6.45) is 0. The topological polar surface area (TPSA) is 56.0 Å². The van der Waals surface area contributed by atoms with Crippen LogP contribution in [0.1, 0.15) is 0 Å². The summed E-state index contributed by atoms with van der Waals surface area (Å²) >= 11 is 5.66. The third kappa shape index (κ3) is 1.58. The molecule has 0 unspecified atom stereocenters. The second kappa shape index (κ2) is 3.10. The number of nitro benzene ring substituents is 1.